The molecular weight excluding hydrogens is 254 g/mol. The monoisotopic (exact) mass is 273 g/mol. The summed E-state index contributed by atoms with van der Waals surface area (Å²) in [6.07, 6.45) is 0. The number of hydrogen-bond donors (Lipinski definition) is 2. The highest BCUT2D eigenvalue weighted by Crippen LogP contribution is 2.17. The average Bonchev–Trinajstić information content (AvgIpc) is 2.64. The normalized spacial score (nSPS) is 10.6. The Hall–Kier alpha value is -2.30. The number of carbonyl (C=O) groups is 1. The predicted octanol–water partition coefficient (Wildman–Crippen LogP) is 1.98. The Bertz CT molecular complexity index is 659. The van der Waals surface area contributed by atoms with Gasteiger partial charge in [-0.1, -0.05) is 6.07 Å². The molecule has 2 rings (SSSR count). The van der Waals surface area contributed by atoms with Crippen LogP contribution in [0.5, 0.6) is 5.75 Å². The molecule has 5 nitrogen and oxygen atoms in total. The molecule has 0 unspecified atom stereocenters. The molecule has 5 heteroatoms. The standard InChI is InChI=1S/C15H19N3O2/c1-9-5-6-12(7-14(9)19)15(20)16-8-13-10(2)17-18(4)11(13)3/h5-7,19H,8H2,1-4H3,(H,16,20). The Kier molecular flexibility index (Phi) is 3.79. The van der Waals surface area contributed by atoms with Crippen molar-refractivity contribution in [2.24, 2.45) is 7.05 Å². The lowest BCUT2D eigenvalue weighted by Crippen LogP contribution is -2.23. The van der Waals surface area contributed by atoms with Gasteiger partial charge in [-0.25, -0.2) is 0 Å². The lowest BCUT2D eigenvalue weighted by molar-refractivity contribution is 0.0950. The van der Waals surface area contributed by atoms with Crippen LogP contribution in [0.4, 0.5) is 0 Å². The van der Waals surface area contributed by atoms with Crippen LogP contribution in [0.1, 0.15) is 32.9 Å². The Labute approximate surface area is 118 Å². The van der Waals surface area contributed by atoms with Crippen molar-refractivity contribution in [1.29, 1.82) is 0 Å². The topological polar surface area (TPSA) is 67.2 Å². The van der Waals surface area contributed by atoms with E-state index in [2.05, 4.69) is 10.4 Å². The number of carbonyl (C=O) groups excluding carboxylic acids is 1. The molecule has 0 atom stereocenters. The quantitative estimate of drug-likeness (QED) is 0.898. The van der Waals surface area contributed by atoms with Crippen molar-refractivity contribution in [1.82, 2.24) is 15.1 Å². The molecule has 0 aliphatic carbocycles. The molecule has 0 radical (unpaired) electrons. The van der Waals surface area contributed by atoms with Gasteiger partial charge in [0.05, 0.1) is 5.69 Å². The maximum Gasteiger partial charge on any atom is 0.251 e. The summed E-state index contributed by atoms with van der Waals surface area (Å²) in [5.74, 6) is -0.0747. The molecule has 0 aliphatic rings. The molecule has 2 N–H and O–H groups in total. The fourth-order valence-electron chi connectivity index (χ4n) is 2.09. The zero-order valence-electron chi connectivity index (χ0n) is 12.2. The van der Waals surface area contributed by atoms with E-state index in [1.165, 1.54) is 6.07 Å². The predicted molar refractivity (Wildman–Crippen MR) is 76.7 cm³/mol. The summed E-state index contributed by atoms with van der Waals surface area (Å²) in [5, 5.41) is 16.8. The van der Waals surface area contributed by atoms with Crippen molar-refractivity contribution in [3.8, 4) is 5.75 Å². The highest BCUT2D eigenvalue weighted by Gasteiger charge is 2.12. The molecule has 1 aromatic carbocycles. The van der Waals surface area contributed by atoms with Gasteiger partial charge in [0.25, 0.3) is 5.91 Å². The van der Waals surface area contributed by atoms with Gasteiger partial charge >= 0.3 is 0 Å². The molecule has 2 aromatic rings. The van der Waals surface area contributed by atoms with Crippen LogP contribution in [-0.2, 0) is 13.6 Å². The summed E-state index contributed by atoms with van der Waals surface area (Å²) in [7, 11) is 1.88. The van der Waals surface area contributed by atoms with E-state index in [0.717, 1.165) is 22.5 Å². The summed E-state index contributed by atoms with van der Waals surface area (Å²) >= 11 is 0. The van der Waals surface area contributed by atoms with Gasteiger partial charge in [-0.05, 0) is 38.5 Å². The third-order valence-corrected chi connectivity index (χ3v) is 3.56. The van der Waals surface area contributed by atoms with Crippen LogP contribution in [0.15, 0.2) is 18.2 Å². The summed E-state index contributed by atoms with van der Waals surface area (Å²) < 4.78 is 1.80. The minimum Gasteiger partial charge on any atom is -0.508 e. The van der Waals surface area contributed by atoms with Crippen molar-refractivity contribution < 1.29 is 9.90 Å². The zero-order valence-corrected chi connectivity index (χ0v) is 12.2. The van der Waals surface area contributed by atoms with E-state index < -0.39 is 0 Å². The highest BCUT2D eigenvalue weighted by atomic mass is 16.3. The van der Waals surface area contributed by atoms with Gasteiger partial charge < -0.3 is 10.4 Å². The van der Waals surface area contributed by atoms with Crippen LogP contribution >= 0.6 is 0 Å². The number of aryl methyl sites for hydroxylation is 3. The number of benzene rings is 1. The second-order valence-corrected chi connectivity index (χ2v) is 4.96. The number of amides is 1. The summed E-state index contributed by atoms with van der Waals surface area (Å²) in [6.45, 7) is 6.11. The number of nitrogens with zero attached hydrogens (tertiary/aromatic N) is 2. The fourth-order valence-corrected chi connectivity index (χ4v) is 2.09. The van der Waals surface area contributed by atoms with Crippen molar-refractivity contribution in [3.05, 3.63) is 46.3 Å². The van der Waals surface area contributed by atoms with Crippen LogP contribution in [0.25, 0.3) is 0 Å². The van der Waals surface area contributed by atoms with Crippen LogP contribution < -0.4 is 5.32 Å². The van der Waals surface area contributed by atoms with Gasteiger partial charge in [0.2, 0.25) is 0 Å². The first kappa shape index (κ1) is 14.1. The van der Waals surface area contributed by atoms with Crippen molar-refractivity contribution in [2.75, 3.05) is 0 Å². The molecule has 20 heavy (non-hydrogen) atoms. The second-order valence-electron chi connectivity index (χ2n) is 4.96. The molecule has 0 saturated heterocycles. The highest BCUT2D eigenvalue weighted by molar-refractivity contribution is 5.94. The molecule has 0 bridgehead atoms. The second kappa shape index (κ2) is 5.36. The number of hydrogen-bond acceptors (Lipinski definition) is 3. The van der Waals surface area contributed by atoms with Crippen molar-refractivity contribution >= 4 is 5.91 Å². The molecule has 1 amide bonds. The van der Waals surface area contributed by atoms with Gasteiger partial charge in [0, 0.05) is 30.4 Å². The number of rotatable bonds is 3. The first-order chi connectivity index (χ1) is 9.40. The minimum absolute atomic E-state index is 0.131. The van der Waals surface area contributed by atoms with E-state index in [1.807, 2.05) is 20.9 Å². The molecule has 0 spiro atoms. The van der Waals surface area contributed by atoms with Gasteiger partial charge in [0.15, 0.2) is 0 Å². The SMILES string of the molecule is Cc1ccc(C(=O)NCc2c(C)nn(C)c2C)cc1O. The summed E-state index contributed by atoms with van der Waals surface area (Å²) in [4.78, 5) is 12.1. The number of phenols is 1. The van der Waals surface area contributed by atoms with Gasteiger partial charge in [0.1, 0.15) is 5.75 Å². The van der Waals surface area contributed by atoms with E-state index >= 15 is 0 Å². The molecule has 0 fully saturated rings. The molecule has 1 aromatic heterocycles. The van der Waals surface area contributed by atoms with Crippen LogP contribution in [-0.4, -0.2) is 20.8 Å². The Balaban J connectivity index is 2.10. The Morgan fingerprint density at radius 1 is 1.35 bits per heavy atom. The van der Waals surface area contributed by atoms with Crippen LogP contribution in [0.3, 0.4) is 0 Å². The molecule has 1 heterocycles. The summed E-state index contributed by atoms with van der Waals surface area (Å²) in [5.41, 5.74) is 4.18. The van der Waals surface area contributed by atoms with Crippen molar-refractivity contribution in [3.63, 3.8) is 0 Å². The number of phenolic OH excluding ortho intramolecular Hbond substituents is 1. The number of aromatic nitrogens is 2. The molecular formula is C15H19N3O2. The van der Waals surface area contributed by atoms with Gasteiger partial charge in [-0.2, -0.15) is 5.10 Å². The first-order valence-corrected chi connectivity index (χ1v) is 6.47. The minimum atomic E-state index is -0.206. The van der Waals surface area contributed by atoms with E-state index in [1.54, 1.807) is 23.7 Å². The lowest BCUT2D eigenvalue weighted by Gasteiger charge is -2.07. The third kappa shape index (κ3) is 2.66. The Morgan fingerprint density at radius 2 is 2.05 bits per heavy atom. The third-order valence-electron chi connectivity index (χ3n) is 3.56. The van der Waals surface area contributed by atoms with Gasteiger partial charge in [-0.3, -0.25) is 9.48 Å². The first-order valence-electron chi connectivity index (χ1n) is 6.47. The lowest BCUT2D eigenvalue weighted by atomic mass is 10.1. The average molecular weight is 273 g/mol. The van der Waals surface area contributed by atoms with Gasteiger partial charge in [-0.15, -0.1) is 0 Å². The molecule has 0 saturated carbocycles. The van der Waals surface area contributed by atoms with E-state index in [4.69, 9.17) is 0 Å². The van der Waals surface area contributed by atoms with Crippen LogP contribution in [0, 0.1) is 20.8 Å². The maximum absolute atomic E-state index is 12.1. The van der Waals surface area contributed by atoms with E-state index in [-0.39, 0.29) is 11.7 Å². The van der Waals surface area contributed by atoms with E-state index in [0.29, 0.717) is 12.1 Å². The van der Waals surface area contributed by atoms with Crippen molar-refractivity contribution in [2.45, 2.75) is 27.3 Å². The maximum atomic E-state index is 12.1. The number of nitrogens with one attached hydrogen (secondary N) is 1. The Morgan fingerprint density at radius 3 is 2.60 bits per heavy atom. The van der Waals surface area contributed by atoms with E-state index in [9.17, 15) is 9.90 Å². The summed E-state index contributed by atoms with van der Waals surface area (Å²) in [6, 6.07) is 4.91. The van der Waals surface area contributed by atoms with Crippen LogP contribution in [0.2, 0.25) is 0 Å². The molecule has 0 aliphatic heterocycles. The largest absolute Gasteiger partial charge is 0.508 e. The fraction of sp³-hybridized carbons (Fsp3) is 0.333. The molecule has 106 valence electrons. The number of aromatic hydroxyl groups is 1. The zero-order chi connectivity index (χ0) is 14.9. The smallest absolute Gasteiger partial charge is 0.251 e.